The van der Waals surface area contributed by atoms with E-state index >= 15 is 0 Å². The van der Waals surface area contributed by atoms with Crippen molar-refractivity contribution in [3.05, 3.63) is 82.7 Å². The Hall–Kier alpha value is -3.55. The first kappa shape index (κ1) is 20.4. The molecule has 2 aromatic carbocycles. The van der Waals surface area contributed by atoms with Gasteiger partial charge >= 0.3 is 5.97 Å². The molecule has 0 radical (unpaired) electrons. The molecule has 2 aliphatic carbocycles. The Kier molecular flexibility index (Phi) is 5.00. The molecule has 0 saturated heterocycles. The van der Waals surface area contributed by atoms with Crippen LogP contribution in [0, 0.1) is 17.6 Å². The average molecular weight is 437 g/mol. The Morgan fingerprint density at radius 1 is 1.22 bits per heavy atom. The number of nitrogens with one attached hydrogen (secondary N) is 1. The number of aromatic nitrogens is 2. The third-order valence-corrected chi connectivity index (χ3v) is 6.19. The number of hydrogen-bond acceptors (Lipinski definition) is 4. The van der Waals surface area contributed by atoms with Crippen LogP contribution in [0.3, 0.4) is 0 Å². The van der Waals surface area contributed by atoms with Gasteiger partial charge < -0.3 is 10.1 Å². The molecule has 1 saturated carbocycles. The van der Waals surface area contributed by atoms with Gasteiger partial charge in [-0.25, -0.2) is 18.3 Å². The van der Waals surface area contributed by atoms with E-state index in [0.717, 1.165) is 29.3 Å². The molecule has 32 heavy (non-hydrogen) atoms. The summed E-state index contributed by atoms with van der Waals surface area (Å²) >= 11 is 0. The monoisotopic (exact) mass is 437 g/mol. The van der Waals surface area contributed by atoms with Crippen molar-refractivity contribution in [2.45, 2.75) is 31.2 Å². The quantitative estimate of drug-likeness (QED) is 0.601. The minimum Gasteiger partial charge on any atom is -0.467 e. The van der Waals surface area contributed by atoms with Gasteiger partial charge in [0.2, 0.25) is 0 Å². The third-order valence-electron chi connectivity index (χ3n) is 6.19. The van der Waals surface area contributed by atoms with Crippen LogP contribution in [0.4, 0.5) is 8.78 Å². The molecule has 0 spiro atoms. The van der Waals surface area contributed by atoms with Crippen LogP contribution < -0.4 is 5.32 Å². The van der Waals surface area contributed by atoms with Crippen LogP contribution in [-0.2, 0) is 22.4 Å². The van der Waals surface area contributed by atoms with E-state index in [9.17, 15) is 18.4 Å². The Morgan fingerprint density at radius 3 is 2.72 bits per heavy atom. The number of fused-ring (bicyclic) bond motifs is 3. The SMILES string of the molecule is COC(=O)[C@@H](Cc1ccccc1)NC(=O)c1nn(-c2ccc(F)cc2F)c2c1C[C@H]1C[C@@H]21. The normalized spacial score (nSPS) is 19.1. The van der Waals surface area contributed by atoms with Gasteiger partial charge in [0.1, 0.15) is 17.5 Å². The van der Waals surface area contributed by atoms with Crippen LogP contribution in [0.5, 0.6) is 0 Å². The number of halogens is 2. The first-order valence-electron chi connectivity index (χ1n) is 10.5. The van der Waals surface area contributed by atoms with Crippen molar-refractivity contribution in [3.63, 3.8) is 0 Å². The number of carbonyl (C=O) groups excluding carboxylic acids is 2. The number of amides is 1. The first-order chi connectivity index (χ1) is 15.5. The molecule has 5 rings (SSSR count). The van der Waals surface area contributed by atoms with Gasteiger partial charge in [0.05, 0.1) is 12.8 Å². The second kappa shape index (κ2) is 7.85. The summed E-state index contributed by atoms with van der Waals surface area (Å²) in [4.78, 5) is 25.5. The first-order valence-corrected chi connectivity index (χ1v) is 10.5. The molecule has 1 aromatic heterocycles. The summed E-state index contributed by atoms with van der Waals surface area (Å²) in [6.07, 6.45) is 1.90. The van der Waals surface area contributed by atoms with E-state index in [2.05, 4.69) is 10.4 Å². The largest absolute Gasteiger partial charge is 0.467 e. The zero-order valence-electron chi connectivity index (χ0n) is 17.3. The number of hydrogen-bond donors (Lipinski definition) is 1. The molecule has 164 valence electrons. The summed E-state index contributed by atoms with van der Waals surface area (Å²) in [5.74, 6) is -1.89. The maximum atomic E-state index is 14.5. The van der Waals surface area contributed by atoms with Crippen molar-refractivity contribution in [1.29, 1.82) is 0 Å². The van der Waals surface area contributed by atoms with Crippen molar-refractivity contribution in [2.75, 3.05) is 7.11 Å². The minimum absolute atomic E-state index is 0.100. The van der Waals surface area contributed by atoms with Crippen LogP contribution in [0.25, 0.3) is 5.69 Å². The van der Waals surface area contributed by atoms with E-state index in [1.165, 1.54) is 23.9 Å². The lowest BCUT2D eigenvalue weighted by molar-refractivity contribution is -0.142. The molecule has 3 atom stereocenters. The fraction of sp³-hybridized carbons (Fsp3) is 0.292. The van der Waals surface area contributed by atoms with Gasteiger partial charge in [0.25, 0.3) is 5.91 Å². The second-order valence-electron chi connectivity index (χ2n) is 8.27. The van der Waals surface area contributed by atoms with Crippen molar-refractivity contribution in [2.24, 2.45) is 5.92 Å². The van der Waals surface area contributed by atoms with Crippen LogP contribution in [0.2, 0.25) is 0 Å². The fourth-order valence-electron chi connectivity index (χ4n) is 4.55. The summed E-state index contributed by atoms with van der Waals surface area (Å²) in [6, 6.07) is 11.7. The number of rotatable bonds is 6. The molecule has 1 fully saturated rings. The highest BCUT2D eigenvalue weighted by atomic mass is 19.1. The van der Waals surface area contributed by atoms with Gasteiger partial charge in [-0.3, -0.25) is 4.79 Å². The standard InChI is InChI=1S/C24H21F2N3O3/c1-32-24(31)19(9-13-5-3-2-4-6-13)27-23(30)21-17-11-14-10-16(14)22(17)29(28-21)20-8-7-15(25)12-18(20)26/h2-8,12,14,16,19H,9-11H2,1H3,(H,27,30)/t14-,16-,19-/m1/s1. The van der Waals surface area contributed by atoms with Gasteiger partial charge in [-0.05, 0) is 36.5 Å². The van der Waals surface area contributed by atoms with Gasteiger partial charge in [-0.15, -0.1) is 0 Å². The highest BCUT2D eigenvalue weighted by molar-refractivity contribution is 5.97. The van der Waals surface area contributed by atoms with E-state index in [-0.39, 0.29) is 23.7 Å². The molecule has 0 aliphatic heterocycles. The smallest absolute Gasteiger partial charge is 0.328 e. The molecule has 0 unspecified atom stereocenters. The Labute approximate surface area is 183 Å². The molecule has 2 aliphatic rings. The van der Waals surface area contributed by atoms with E-state index in [0.29, 0.717) is 12.3 Å². The second-order valence-corrected chi connectivity index (χ2v) is 8.27. The molecule has 1 heterocycles. The van der Waals surface area contributed by atoms with Gasteiger partial charge in [0.15, 0.2) is 11.5 Å². The highest BCUT2D eigenvalue weighted by Crippen LogP contribution is 2.57. The molecule has 3 aromatic rings. The van der Waals surface area contributed by atoms with E-state index in [1.807, 2.05) is 30.3 Å². The molecule has 1 amide bonds. The van der Waals surface area contributed by atoms with Crippen LogP contribution in [0.1, 0.15) is 39.6 Å². The predicted octanol–water partition coefficient (Wildman–Crippen LogP) is 3.32. The van der Waals surface area contributed by atoms with Gasteiger partial charge in [-0.2, -0.15) is 5.10 Å². The third kappa shape index (κ3) is 3.55. The summed E-state index contributed by atoms with van der Waals surface area (Å²) in [7, 11) is 1.27. The number of benzene rings is 2. The Morgan fingerprint density at radius 2 is 2.00 bits per heavy atom. The maximum absolute atomic E-state index is 14.5. The maximum Gasteiger partial charge on any atom is 0.328 e. The molecular weight excluding hydrogens is 416 g/mol. The zero-order valence-corrected chi connectivity index (χ0v) is 17.3. The van der Waals surface area contributed by atoms with E-state index in [1.54, 1.807) is 0 Å². The molecule has 8 heteroatoms. The number of esters is 1. The predicted molar refractivity (Wildman–Crippen MR) is 111 cm³/mol. The Balaban J connectivity index is 1.47. The number of carbonyl (C=O) groups is 2. The summed E-state index contributed by atoms with van der Waals surface area (Å²) in [6.45, 7) is 0. The lowest BCUT2D eigenvalue weighted by Gasteiger charge is -2.16. The van der Waals surface area contributed by atoms with Gasteiger partial charge in [0, 0.05) is 24.0 Å². The number of ether oxygens (including phenoxy) is 1. The number of methoxy groups -OCH3 is 1. The van der Waals surface area contributed by atoms with Crippen molar-refractivity contribution >= 4 is 11.9 Å². The molecule has 1 N–H and O–H groups in total. The summed E-state index contributed by atoms with van der Waals surface area (Å²) < 4.78 is 34.2. The van der Waals surface area contributed by atoms with E-state index < -0.39 is 29.6 Å². The summed E-state index contributed by atoms with van der Waals surface area (Å²) in [5, 5.41) is 7.14. The summed E-state index contributed by atoms with van der Waals surface area (Å²) in [5.41, 5.74) is 2.69. The average Bonchev–Trinajstić information content (AvgIpc) is 3.29. The number of nitrogens with zero attached hydrogens (tertiary/aromatic N) is 2. The zero-order chi connectivity index (χ0) is 22.4. The highest BCUT2D eigenvalue weighted by Gasteiger charge is 2.50. The van der Waals surface area contributed by atoms with Crippen molar-refractivity contribution in [3.8, 4) is 5.69 Å². The van der Waals surface area contributed by atoms with Crippen molar-refractivity contribution in [1.82, 2.24) is 15.1 Å². The fourth-order valence-corrected chi connectivity index (χ4v) is 4.55. The van der Waals surface area contributed by atoms with E-state index in [4.69, 9.17) is 4.74 Å². The van der Waals surface area contributed by atoms with Crippen LogP contribution >= 0.6 is 0 Å². The molecular formula is C24H21F2N3O3. The molecule has 0 bridgehead atoms. The molecule has 6 nitrogen and oxygen atoms in total. The van der Waals surface area contributed by atoms with Crippen LogP contribution in [0.15, 0.2) is 48.5 Å². The Bertz CT molecular complexity index is 1210. The lowest BCUT2D eigenvalue weighted by Crippen LogP contribution is -2.43. The van der Waals surface area contributed by atoms with Crippen LogP contribution in [-0.4, -0.2) is 34.8 Å². The minimum atomic E-state index is -0.894. The van der Waals surface area contributed by atoms with Crippen molar-refractivity contribution < 1.29 is 23.1 Å². The lowest BCUT2D eigenvalue weighted by atomic mass is 10.1. The topological polar surface area (TPSA) is 73.2 Å². The van der Waals surface area contributed by atoms with Gasteiger partial charge in [-0.1, -0.05) is 30.3 Å².